The van der Waals surface area contributed by atoms with Crippen molar-refractivity contribution in [2.75, 3.05) is 43.9 Å². The molecule has 1 fully saturated rings. The van der Waals surface area contributed by atoms with Crippen molar-refractivity contribution < 1.29 is 4.92 Å². The molecule has 1 aliphatic heterocycles. The maximum absolute atomic E-state index is 11.3. The number of nitro benzene ring substituents is 1. The fraction of sp³-hybridized carbons (Fsp3) is 0.200. The molecular formula is C25H24N8O2. The van der Waals surface area contributed by atoms with Crippen molar-refractivity contribution in [3.8, 4) is 22.8 Å². The van der Waals surface area contributed by atoms with Crippen LogP contribution in [0.1, 0.15) is 0 Å². The number of hydrogen-bond acceptors (Lipinski definition) is 7. The largest absolute Gasteiger partial charge is 0.393 e. The van der Waals surface area contributed by atoms with E-state index in [0.29, 0.717) is 11.4 Å². The molecule has 0 radical (unpaired) electrons. The predicted octanol–water partition coefficient (Wildman–Crippen LogP) is 4.02. The lowest BCUT2D eigenvalue weighted by atomic mass is 10.1. The quantitative estimate of drug-likeness (QED) is 0.206. The average Bonchev–Trinajstić information content (AvgIpc) is 3.48. The normalized spacial score (nSPS) is 14.7. The Labute approximate surface area is 200 Å². The first-order valence-corrected chi connectivity index (χ1v) is 11.4. The summed E-state index contributed by atoms with van der Waals surface area (Å²) >= 11 is 0. The third-order valence-corrected chi connectivity index (χ3v) is 6.59. The van der Waals surface area contributed by atoms with Gasteiger partial charge in [0.1, 0.15) is 17.3 Å². The van der Waals surface area contributed by atoms with Gasteiger partial charge in [-0.1, -0.05) is 0 Å². The monoisotopic (exact) mass is 468 g/mol. The second-order valence-electron chi connectivity index (χ2n) is 8.93. The van der Waals surface area contributed by atoms with Crippen LogP contribution in [0.15, 0.2) is 54.6 Å². The van der Waals surface area contributed by atoms with E-state index in [-0.39, 0.29) is 11.4 Å². The molecule has 10 heteroatoms. The van der Waals surface area contributed by atoms with Gasteiger partial charge in [0.2, 0.25) is 0 Å². The molecular weight excluding hydrogens is 444 g/mol. The zero-order chi connectivity index (χ0) is 24.1. The van der Waals surface area contributed by atoms with Crippen LogP contribution in [0.3, 0.4) is 0 Å². The summed E-state index contributed by atoms with van der Waals surface area (Å²) in [5.41, 5.74) is 11.9. The van der Waals surface area contributed by atoms with Gasteiger partial charge in [0, 0.05) is 49.1 Å². The highest BCUT2D eigenvalue weighted by atomic mass is 16.6. The average molecular weight is 469 g/mol. The Morgan fingerprint density at radius 3 is 2.14 bits per heavy atom. The van der Waals surface area contributed by atoms with Crippen molar-refractivity contribution >= 4 is 39.1 Å². The summed E-state index contributed by atoms with van der Waals surface area (Å²) in [5, 5.41) is 11.3. The van der Waals surface area contributed by atoms with Gasteiger partial charge < -0.3 is 25.5 Å². The van der Waals surface area contributed by atoms with Crippen LogP contribution in [0.5, 0.6) is 0 Å². The molecule has 10 nitrogen and oxygen atoms in total. The summed E-state index contributed by atoms with van der Waals surface area (Å²) in [4.78, 5) is 31.6. The van der Waals surface area contributed by atoms with Gasteiger partial charge in [0.05, 0.1) is 27.0 Å². The van der Waals surface area contributed by atoms with Crippen molar-refractivity contribution in [1.29, 1.82) is 0 Å². The van der Waals surface area contributed by atoms with Gasteiger partial charge >= 0.3 is 0 Å². The predicted molar refractivity (Wildman–Crippen MR) is 137 cm³/mol. The maximum atomic E-state index is 11.3. The van der Waals surface area contributed by atoms with E-state index in [1.807, 2.05) is 18.2 Å². The molecule has 0 atom stereocenters. The number of piperazine rings is 1. The molecule has 1 aliphatic rings. The molecule has 0 amide bonds. The molecule has 1 saturated heterocycles. The zero-order valence-electron chi connectivity index (χ0n) is 19.2. The van der Waals surface area contributed by atoms with Gasteiger partial charge in [-0.3, -0.25) is 10.1 Å². The minimum absolute atomic E-state index is 0.123. The van der Waals surface area contributed by atoms with Crippen LogP contribution < -0.4 is 10.6 Å². The number of nitrogens with zero attached hydrogens (tertiary/aromatic N) is 5. The molecule has 0 aliphatic carbocycles. The second-order valence-corrected chi connectivity index (χ2v) is 8.93. The van der Waals surface area contributed by atoms with Crippen LogP contribution in [0, 0.1) is 10.1 Å². The number of nitrogen functional groups attached to an aromatic ring is 1. The number of imidazole rings is 2. The first kappa shape index (κ1) is 21.1. The number of anilines is 2. The lowest BCUT2D eigenvalue weighted by Crippen LogP contribution is -2.44. The number of fused-ring (bicyclic) bond motifs is 2. The molecule has 0 bridgehead atoms. The van der Waals surface area contributed by atoms with E-state index in [2.05, 4.69) is 50.0 Å². The van der Waals surface area contributed by atoms with Crippen LogP contribution >= 0.6 is 0 Å². The molecule has 0 unspecified atom stereocenters. The van der Waals surface area contributed by atoms with Crippen molar-refractivity contribution in [1.82, 2.24) is 24.8 Å². The number of nitrogens with two attached hydrogens (primary N) is 1. The van der Waals surface area contributed by atoms with E-state index in [9.17, 15) is 10.1 Å². The summed E-state index contributed by atoms with van der Waals surface area (Å²) in [6.45, 7) is 4.14. The van der Waals surface area contributed by atoms with Gasteiger partial charge in [0.25, 0.3) is 5.69 Å². The number of likely N-dealkylation sites (N-methyl/N-ethyl adjacent to an activating group) is 1. The van der Waals surface area contributed by atoms with E-state index in [0.717, 1.165) is 59.6 Å². The summed E-state index contributed by atoms with van der Waals surface area (Å²) in [7, 11) is 2.15. The number of aromatic amines is 2. The fourth-order valence-electron chi connectivity index (χ4n) is 4.54. The minimum atomic E-state index is -0.490. The van der Waals surface area contributed by atoms with Crippen molar-refractivity contribution in [3.63, 3.8) is 0 Å². The maximum Gasteiger partial charge on any atom is 0.292 e. The van der Waals surface area contributed by atoms with Crippen LogP contribution in [0.25, 0.3) is 44.8 Å². The van der Waals surface area contributed by atoms with Gasteiger partial charge in [-0.2, -0.15) is 0 Å². The molecule has 0 spiro atoms. The van der Waals surface area contributed by atoms with Crippen molar-refractivity contribution in [3.05, 3.63) is 64.7 Å². The molecule has 0 saturated carbocycles. The molecule has 35 heavy (non-hydrogen) atoms. The second kappa shape index (κ2) is 8.10. The molecule has 5 aromatic rings. The van der Waals surface area contributed by atoms with Crippen LogP contribution in [0.4, 0.5) is 17.1 Å². The van der Waals surface area contributed by atoms with E-state index >= 15 is 0 Å². The van der Waals surface area contributed by atoms with E-state index < -0.39 is 4.92 Å². The highest BCUT2D eigenvalue weighted by molar-refractivity contribution is 5.87. The first-order valence-electron chi connectivity index (χ1n) is 11.4. The van der Waals surface area contributed by atoms with Crippen molar-refractivity contribution in [2.45, 2.75) is 0 Å². The lowest BCUT2D eigenvalue weighted by molar-refractivity contribution is -0.383. The minimum Gasteiger partial charge on any atom is -0.393 e. The first-order chi connectivity index (χ1) is 16.9. The highest BCUT2D eigenvalue weighted by Gasteiger charge is 2.17. The number of H-pyrrole nitrogens is 2. The van der Waals surface area contributed by atoms with Gasteiger partial charge in [-0.25, -0.2) is 9.97 Å². The Morgan fingerprint density at radius 1 is 0.857 bits per heavy atom. The summed E-state index contributed by atoms with van der Waals surface area (Å²) in [5.74, 6) is 1.32. The van der Waals surface area contributed by atoms with E-state index in [1.165, 1.54) is 17.8 Å². The molecule has 3 aromatic carbocycles. The summed E-state index contributed by atoms with van der Waals surface area (Å²) < 4.78 is 0. The number of nitrogens with one attached hydrogen (secondary N) is 2. The third kappa shape index (κ3) is 3.83. The Kier molecular flexibility index (Phi) is 4.89. The smallest absolute Gasteiger partial charge is 0.292 e. The highest BCUT2D eigenvalue weighted by Crippen LogP contribution is 2.30. The van der Waals surface area contributed by atoms with Gasteiger partial charge in [-0.15, -0.1) is 0 Å². The van der Waals surface area contributed by atoms with Crippen molar-refractivity contribution in [2.24, 2.45) is 0 Å². The van der Waals surface area contributed by atoms with Crippen LogP contribution in [-0.2, 0) is 0 Å². The summed E-state index contributed by atoms with van der Waals surface area (Å²) in [6, 6.07) is 16.9. The number of nitro groups is 1. The fourth-order valence-corrected chi connectivity index (χ4v) is 4.54. The zero-order valence-corrected chi connectivity index (χ0v) is 19.2. The van der Waals surface area contributed by atoms with E-state index in [1.54, 1.807) is 6.07 Å². The number of aromatic nitrogens is 4. The van der Waals surface area contributed by atoms with Gasteiger partial charge in [0.15, 0.2) is 0 Å². The standard InChI is InChI=1S/C25H24N8O2/c1-31-8-10-32(11-9-31)17-4-7-20-22(14-17)30-24(28-20)15-3-6-19-21(12-15)29-25(27-19)16-2-5-18(26)23(13-16)33(34)35/h2-7,12-14H,8-11,26H2,1H3,(H,27,29)(H,28,30). The van der Waals surface area contributed by atoms with Crippen LogP contribution in [-0.4, -0.2) is 63.0 Å². The Balaban J connectivity index is 1.32. The lowest BCUT2D eigenvalue weighted by Gasteiger charge is -2.34. The summed E-state index contributed by atoms with van der Waals surface area (Å²) in [6.07, 6.45) is 0. The number of benzene rings is 3. The third-order valence-electron chi connectivity index (χ3n) is 6.59. The topological polar surface area (TPSA) is 133 Å². The molecule has 176 valence electrons. The Morgan fingerprint density at radius 2 is 1.46 bits per heavy atom. The molecule has 4 N–H and O–H groups in total. The Bertz CT molecular complexity index is 1580. The molecule has 3 heterocycles. The van der Waals surface area contributed by atoms with Gasteiger partial charge in [-0.05, 0) is 55.6 Å². The molecule has 6 rings (SSSR count). The van der Waals surface area contributed by atoms with Crippen LogP contribution in [0.2, 0.25) is 0 Å². The number of rotatable bonds is 4. The Hall–Kier alpha value is -4.44. The molecule has 2 aromatic heterocycles. The number of hydrogen-bond donors (Lipinski definition) is 3. The SMILES string of the molecule is CN1CCN(c2ccc3nc(-c4ccc5nc(-c6ccc(N)c([N+](=O)[O-])c6)[nH]c5c4)[nH]c3c2)CC1. The van der Waals surface area contributed by atoms with E-state index in [4.69, 9.17) is 10.7 Å².